The Morgan fingerprint density at radius 2 is 2.12 bits per heavy atom. The van der Waals surface area contributed by atoms with Crippen molar-refractivity contribution in [2.24, 2.45) is 0 Å². The van der Waals surface area contributed by atoms with Gasteiger partial charge in [0.05, 0.1) is 34.8 Å². The van der Waals surface area contributed by atoms with E-state index in [0.29, 0.717) is 6.61 Å². The largest absolute Gasteiger partial charge is 0.378 e. The molecule has 0 aliphatic carbocycles. The van der Waals surface area contributed by atoms with Gasteiger partial charge in [0.25, 0.3) is 0 Å². The molecular formula is C20H19ClFN3O. The average Bonchev–Trinajstić information content (AvgIpc) is 2.85. The molecule has 4 nitrogen and oxygen atoms in total. The summed E-state index contributed by atoms with van der Waals surface area (Å²) in [5.74, 6) is -0.437. The number of rotatable bonds is 2. The van der Waals surface area contributed by atoms with Crippen molar-refractivity contribution < 1.29 is 9.13 Å². The van der Waals surface area contributed by atoms with Crippen molar-refractivity contribution in [2.45, 2.75) is 32.8 Å². The Kier molecular flexibility index (Phi) is 4.51. The van der Waals surface area contributed by atoms with Crippen molar-refractivity contribution in [3.05, 3.63) is 64.3 Å². The number of aryl methyl sites for hydroxylation is 1. The maximum Gasteiger partial charge on any atom is 0.141 e. The first kappa shape index (κ1) is 17.2. The lowest BCUT2D eigenvalue weighted by Gasteiger charge is -2.11. The van der Waals surface area contributed by atoms with Crippen molar-refractivity contribution >= 4 is 11.6 Å². The van der Waals surface area contributed by atoms with Crippen LogP contribution in [0.3, 0.4) is 0 Å². The van der Waals surface area contributed by atoms with Crippen LogP contribution in [-0.4, -0.2) is 27.5 Å². The second-order valence-corrected chi connectivity index (χ2v) is 7.02. The molecular weight excluding hydrogens is 353 g/mol. The Balaban J connectivity index is 1.91. The van der Waals surface area contributed by atoms with Crippen molar-refractivity contribution in [3.63, 3.8) is 0 Å². The van der Waals surface area contributed by atoms with Gasteiger partial charge in [-0.2, -0.15) is 5.10 Å². The van der Waals surface area contributed by atoms with E-state index in [-0.39, 0.29) is 11.1 Å². The van der Waals surface area contributed by atoms with E-state index in [2.05, 4.69) is 11.9 Å². The molecule has 134 valence electrons. The van der Waals surface area contributed by atoms with Gasteiger partial charge >= 0.3 is 0 Å². The third-order valence-electron chi connectivity index (χ3n) is 4.66. The molecule has 0 unspecified atom stereocenters. The molecule has 0 radical (unpaired) electrons. The number of benzene rings is 1. The zero-order valence-electron chi connectivity index (χ0n) is 14.7. The Bertz CT molecular complexity index is 952. The predicted octanol–water partition coefficient (Wildman–Crippen LogP) is 4.54. The fraction of sp³-hybridized carbons (Fsp3) is 0.300. The van der Waals surface area contributed by atoms with E-state index in [1.54, 1.807) is 12.1 Å². The first-order valence-corrected chi connectivity index (χ1v) is 9.01. The summed E-state index contributed by atoms with van der Waals surface area (Å²) in [6.07, 6.45) is 3.44. The second kappa shape index (κ2) is 6.82. The van der Waals surface area contributed by atoms with Gasteiger partial charge in [-0.05, 0) is 50.6 Å². The fourth-order valence-corrected chi connectivity index (χ4v) is 3.50. The molecule has 3 aromatic rings. The maximum atomic E-state index is 13.6. The van der Waals surface area contributed by atoms with Gasteiger partial charge in [0, 0.05) is 29.4 Å². The molecule has 6 heteroatoms. The second-order valence-electron chi connectivity index (χ2n) is 6.61. The molecule has 0 bridgehead atoms. The molecule has 0 saturated heterocycles. The minimum absolute atomic E-state index is 0.0863. The fourth-order valence-electron chi connectivity index (χ4n) is 3.32. The molecule has 0 spiro atoms. The van der Waals surface area contributed by atoms with Crippen LogP contribution < -0.4 is 0 Å². The number of aromatic nitrogens is 3. The third kappa shape index (κ3) is 3.13. The summed E-state index contributed by atoms with van der Waals surface area (Å²) in [6.45, 7) is 4.66. The molecule has 2 aromatic heterocycles. The van der Waals surface area contributed by atoms with E-state index >= 15 is 0 Å². The summed E-state index contributed by atoms with van der Waals surface area (Å²) in [7, 11) is 0. The first-order valence-electron chi connectivity index (χ1n) is 8.64. The minimum atomic E-state index is -0.437. The van der Waals surface area contributed by atoms with Gasteiger partial charge in [-0.3, -0.25) is 4.98 Å². The van der Waals surface area contributed by atoms with Gasteiger partial charge in [-0.25, -0.2) is 9.07 Å². The van der Waals surface area contributed by atoms with Crippen LogP contribution in [0.2, 0.25) is 5.02 Å². The summed E-state index contributed by atoms with van der Waals surface area (Å²) in [4.78, 5) is 4.40. The molecule has 0 N–H and O–H groups in total. The highest BCUT2D eigenvalue weighted by molar-refractivity contribution is 6.30. The Labute approximate surface area is 156 Å². The topological polar surface area (TPSA) is 39.9 Å². The molecule has 4 rings (SSSR count). The van der Waals surface area contributed by atoms with E-state index in [0.717, 1.165) is 46.7 Å². The number of hydrogen-bond acceptors (Lipinski definition) is 3. The van der Waals surface area contributed by atoms with Crippen LogP contribution in [0.1, 0.15) is 23.9 Å². The molecule has 1 atom stereocenters. The first-order chi connectivity index (χ1) is 12.5. The zero-order valence-corrected chi connectivity index (χ0v) is 15.4. The molecule has 1 aliphatic rings. The van der Waals surface area contributed by atoms with Crippen LogP contribution in [0.15, 0.2) is 36.5 Å². The van der Waals surface area contributed by atoms with Gasteiger partial charge < -0.3 is 4.74 Å². The SMILES string of the molecule is Cc1ccc(-c2nn(-c3ccc(F)c(Cl)c3)c3c2CCO[C@H](C)C3)cn1. The smallest absolute Gasteiger partial charge is 0.141 e. The van der Waals surface area contributed by atoms with Crippen molar-refractivity contribution in [1.82, 2.24) is 14.8 Å². The van der Waals surface area contributed by atoms with E-state index in [9.17, 15) is 4.39 Å². The van der Waals surface area contributed by atoms with Crippen LogP contribution in [0, 0.1) is 12.7 Å². The Morgan fingerprint density at radius 3 is 2.85 bits per heavy atom. The highest BCUT2D eigenvalue weighted by Crippen LogP contribution is 2.31. The van der Waals surface area contributed by atoms with Crippen LogP contribution in [0.25, 0.3) is 16.9 Å². The lowest BCUT2D eigenvalue weighted by atomic mass is 10.0. The lowest BCUT2D eigenvalue weighted by molar-refractivity contribution is 0.0735. The number of pyridine rings is 1. The van der Waals surface area contributed by atoms with Crippen LogP contribution >= 0.6 is 11.6 Å². The Hall–Kier alpha value is -2.24. The number of nitrogens with zero attached hydrogens (tertiary/aromatic N) is 3. The van der Waals surface area contributed by atoms with Gasteiger partial charge in [-0.15, -0.1) is 0 Å². The molecule has 3 heterocycles. The molecule has 0 saturated carbocycles. The van der Waals surface area contributed by atoms with Crippen molar-refractivity contribution in [3.8, 4) is 16.9 Å². The number of hydrogen-bond donors (Lipinski definition) is 0. The summed E-state index contributed by atoms with van der Waals surface area (Å²) in [6, 6.07) is 8.68. The Morgan fingerprint density at radius 1 is 1.27 bits per heavy atom. The van der Waals surface area contributed by atoms with E-state index in [1.165, 1.54) is 6.07 Å². The van der Waals surface area contributed by atoms with Crippen molar-refractivity contribution in [1.29, 1.82) is 0 Å². The lowest BCUT2D eigenvalue weighted by Crippen LogP contribution is -2.13. The molecule has 0 fully saturated rings. The van der Waals surface area contributed by atoms with E-state index in [4.69, 9.17) is 21.4 Å². The number of halogens is 2. The van der Waals surface area contributed by atoms with Gasteiger partial charge in [0.2, 0.25) is 0 Å². The highest BCUT2D eigenvalue weighted by atomic mass is 35.5. The maximum absolute atomic E-state index is 13.6. The van der Waals surface area contributed by atoms with Gasteiger partial charge in [-0.1, -0.05) is 11.6 Å². The molecule has 1 aliphatic heterocycles. The standard InChI is InChI=1S/C20H19ClFN3O/c1-12-3-4-14(11-23-12)20-16-7-8-26-13(2)9-19(16)25(24-20)15-5-6-18(22)17(21)10-15/h3-6,10-11,13H,7-9H2,1-2H3/t13-/m1/s1. The zero-order chi connectivity index (χ0) is 18.3. The van der Waals surface area contributed by atoms with Crippen LogP contribution in [-0.2, 0) is 17.6 Å². The summed E-state index contributed by atoms with van der Waals surface area (Å²) in [5, 5.41) is 4.94. The van der Waals surface area contributed by atoms with Crippen LogP contribution in [0.4, 0.5) is 4.39 Å². The number of ether oxygens (including phenoxy) is 1. The van der Waals surface area contributed by atoms with Crippen molar-refractivity contribution in [2.75, 3.05) is 6.61 Å². The summed E-state index contributed by atoms with van der Waals surface area (Å²) in [5.41, 5.74) is 5.79. The normalized spacial score (nSPS) is 17.0. The average molecular weight is 372 g/mol. The minimum Gasteiger partial charge on any atom is -0.378 e. The number of fused-ring (bicyclic) bond motifs is 1. The van der Waals surface area contributed by atoms with Crippen LogP contribution in [0.5, 0.6) is 0 Å². The highest BCUT2D eigenvalue weighted by Gasteiger charge is 2.24. The third-order valence-corrected chi connectivity index (χ3v) is 4.95. The van der Waals surface area contributed by atoms with Gasteiger partial charge in [0.1, 0.15) is 5.82 Å². The van der Waals surface area contributed by atoms with Gasteiger partial charge in [0.15, 0.2) is 0 Å². The van der Waals surface area contributed by atoms with E-state index in [1.807, 2.05) is 29.9 Å². The quantitative estimate of drug-likeness (QED) is 0.664. The summed E-state index contributed by atoms with van der Waals surface area (Å²) < 4.78 is 21.3. The molecule has 0 amide bonds. The predicted molar refractivity (Wildman–Crippen MR) is 99.3 cm³/mol. The molecule has 1 aromatic carbocycles. The molecule has 26 heavy (non-hydrogen) atoms. The monoisotopic (exact) mass is 371 g/mol. The van der Waals surface area contributed by atoms with E-state index < -0.39 is 5.82 Å². The summed E-state index contributed by atoms with van der Waals surface area (Å²) >= 11 is 6.00.